The van der Waals surface area contributed by atoms with E-state index >= 15 is 0 Å². The minimum Gasteiger partial charge on any atom is -0.469 e. The number of likely N-dealkylation sites (tertiary alicyclic amines) is 1. The van der Waals surface area contributed by atoms with Crippen molar-refractivity contribution in [2.24, 2.45) is 5.92 Å². The monoisotopic (exact) mass is 272 g/mol. The topological polar surface area (TPSA) is 75.7 Å². The lowest BCUT2D eigenvalue weighted by atomic mass is 9.96. The number of methoxy groups -OCH3 is 1. The van der Waals surface area contributed by atoms with Gasteiger partial charge in [-0.25, -0.2) is 0 Å². The summed E-state index contributed by atoms with van der Waals surface area (Å²) in [5, 5.41) is 2.50. The number of rotatable bonds is 2. The smallest absolute Gasteiger partial charge is 0.308 e. The number of thioether (sulfide) groups is 1. The second kappa shape index (κ2) is 5.60. The molecule has 0 aliphatic carbocycles. The minimum atomic E-state index is -0.405. The molecule has 100 valence electrons. The van der Waals surface area contributed by atoms with Gasteiger partial charge in [-0.05, 0) is 12.8 Å². The van der Waals surface area contributed by atoms with Crippen LogP contribution in [0.1, 0.15) is 12.8 Å². The zero-order valence-electron chi connectivity index (χ0n) is 10.2. The molecule has 0 bridgehead atoms. The zero-order valence-corrected chi connectivity index (χ0v) is 11.0. The van der Waals surface area contributed by atoms with Crippen molar-refractivity contribution in [2.45, 2.75) is 18.9 Å². The van der Waals surface area contributed by atoms with E-state index in [1.54, 1.807) is 4.90 Å². The summed E-state index contributed by atoms with van der Waals surface area (Å²) in [7, 11) is 1.38. The van der Waals surface area contributed by atoms with Crippen LogP contribution < -0.4 is 5.32 Å². The molecule has 0 saturated carbocycles. The number of amides is 2. The second-order valence-corrected chi connectivity index (χ2v) is 5.41. The summed E-state index contributed by atoms with van der Waals surface area (Å²) in [5.74, 6) is 0.143. The van der Waals surface area contributed by atoms with Gasteiger partial charge in [-0.15, -0.1) is 0 Å². The van der Waals surface area contributed by atoms with Crippen molar-refractivity contribution >= 4 is 28.9 Å². The highest BCUT2D eigenvalue weighted by atomic mass is 32.2. The van der Waals surface area contributed by atoms with Gasteiger partial charge in [0.1, 0.15) is 6.04 Å². The average molecular weight is 272 g/mol. The maximum atomic E-state index is 12.1. The van der Waals surface area contributed by atoms with E-state index in [-0.39, 0.29) is 23.0 Å². The predicted molar refractivity (Wildman–Crippen MR) is 66.1 cm³/mol. The van der Waals surface area contributed by atoms with Crippen molar-refractivity contribution in [3.8, 4) is 0 Å². The van der Waals surface area contributed by atoms with Gasteiger partial charge >= 0.3 is 5.97 Å². The number of hydrogen-bond acceptors (Lipinski definition) is 5. The van der Waals surface area contributed by atoms with E-state index in [2.05, 4.69) is 5.32 Å². The van der Waals surface area contributed by atoms with Crippen molar-refractivity contribution in [1.82, 2.24) is 10.2 Å². The van der Waals surface area contributed by atoms with Gasteiger partial charge in [0, 0.05) is 18.8 Å². The summed E-state index contributed by atoms with van der Waals surface area (Å²) in [6.07, 6.45) is 1.26. The molecule has 1 atom stereocenters. The molecule has 1 unspecified atom stereocenters. The third-order valence-corrected chi connectivity index (χ3v) is 4.19. The van der Waals surface area contributed by atoms with Crippen molar-refractivity contribution in [3.63, 3.8) is 0 Å². The molecule has 0 aromatic heterocycles. The van der Waals surface area contributed by atoms with E-state index in [0.29, 0.717) is 31.7 Å². The summed E-state index contributed by atoms with van der Waals surface area (Å²) in [6.45, 7) is 1.10. The first kappa shape index (κ1) is 13.2. The number of ether oxygens (including phenoxy) is 1. The lowest BCUT2D eigenvalue weighted by Gasteiger charge is -2.32. The highest BCUT2D eigenvalue weighted by Crippen LogP contribution is 2.21. The number of carbonyl (C=O) groups excluding carboxylic acids is 3. The number of esters is 1. The molecule has 7 heteroatoms. The van der Waals surface area contributed by atoms with Gasteiger partial charge in [-0.2, -0.15) is 0 Å². The standard InChI is InChI=1S/C11H16N2O4S/c1-17-10(15)7-2-4-13(5-3-7)9(14)8-6-18-11(16)12-8/h7-8H,2-6H2,1H3,(H,12,16). The van der Waals surface area contributed by atoms with Crippen LogP contribution in [0.15, 0.2) is 0 Å². The van der Waals surface area contributed by atoms with E-state index < -0.39 is 6.04 Å². The molecular formula is C11H16N2O4S. The molecule has 0 radical (unpaired) electrons. The lowest BCUT2D eigenvalue weighted by molar-refractivity contribution is -0.149. The Morgan fingerprint density at radius 1 is 1.39 bits per heavy atom. The number of carbonyl (C=O) groups is 3. The predicted octanol–water partition coefficient (Wildman–Crippen LogP) is 0.223. The molecule has 0 spiro atoms. The Kier molecular flexibility index (Phi) is 4.11. The maximum Gasteiger partial charge on any atom is 0.308 e. The Morgan fingerprint density at radius 2 is 2.06 bits per heavy atom. The summed E-state index contributed by atoms with van der Waals surface area (Å²) >= 11 is 1.14. The molecule has 0 aromatic carbocycles. The van der Waals surface area contributed by atoms with Gasteiger partial charge in [0.05, 0.1) is 13.0 Å². The second-order valence-electron chi connectivity index (χ2n) is 4.42. The third kappa shape index (κ3) is 2.77. The quantitative estimate of drug-likeness (QED) is 0.728. The molecule has 2 aliphatic heterocycles. The third-order valence-electron chi connectivity index (χ3n) is 3.31. The van der Waals surface area contributed by atoms with Crippen molar-refractivity contribution in [1.29, 1.82) is 0 Å². The van der Waals surface area contributed by atoms with Gasteiger partial charge in [0.25, 0.3) is 5.24 Å². The van der Waals surface area contributed by atoms with Crippen molar-refractivity contribution in [2.75, 3.05) is 26.0 Å². The number of nitrogens with zero attached hydrogens (tertiary/aromatic N) is 1. The SMILES string of the molecule is COC(=O)C1CCN(C(=O)C2CSC(=O)N2)CC1. The Balaban J connectivity index is 1.84. The molecule has 2 saturated heterocycles. The first-order chi connectivity index (χ1) is 8.61. The van der Waals surface area contributed by atoms with Crippen LogP contribution >= 0.6 is 11.8 Å². The Morgan fingerprint density at radius 3 is 2.56 bits per heavy atom. The average Bonchev–Trinajstić information content (AvgIpc) is 2.84. The van der Waals surface area contributed by atoms with E-state index in [4.69, 9.17) is 4.74 Å². The Labute approximate surface area is 109 Å². The molecule has 2 amide bonds. The van der Waals surface area contributed by atoms with Gasteiger partial charge < -0.3 is 15.0 Å². The molecular weight excluding hydrogens is 256 g/mol. The van der Waals surface area contributed by atoms with Crippen LogP contribution in [0.2, 0.25) is 0 Å². The van der Waals surface area contributed by atoms with E-state index in [1.807, 2.05) is 0 Å². The molecule has 2 rings (SSSR count). The maximum absolute atomic E-state index is 12.1. The Hall–Kier alpha value is -1.24. The highest BCUT2D eigenvalue weighted by Gasteiger charge is 2.34. The van der Waals surface area contributed by atoms with Gasteiger partial charge in [-0.3, -0.25) is 14.4 Å². The number of piperidine rings is 1. The molecule has 2 heterocycles. The fourth-order valence-corrected chi connectivity index (χ4v) is 3.01. The number of hydrogen-bond donors (Lipinski definition) is 1. The Bertz CT molecular complexity index is 366. The first-order valence-electron chi connectivity index (χ1n) is 5.91. The normalized spacial score (nSPS) is 24.8. The summed E-state index contributed by atoms with van der Waals surface area (Å²) in [4.78, 5) is 36.2. The van der Waals surface area contributed by atoms with Crippen LogP contribution in [0.5, 0.6) is 0 Å². The van der Waals surface area contributed by atoms with Gasteiger partial charge in [-0.1, -0.05) is 11.8 Å². The summed E-state index contributed by atoms with van der Waals surface area (Å²) < 4.78 is 4.70. The molecule has 2 fully saturated rings. The highest BCUT2D eigenvalue weighted by molar-refractivity contribution is 8.14. The fraction of sp³-hybridized carbons (Fsp3) is 0.727. The van der Waals surface area contributed by atoms with Crippen LogP contribution in [0.25, 0.3) is 0 Å². The minimum absolute atomic E-state index is 0.0448. The molecule has 6 nitrogen and oxygen atoms in total. The van der Waals surface area contributed by atoms with E-state index in [9.17, 15) is 14.4 Å². The zero-order chi connectivity index (χ0) is 13.1. The first-order valence-corrected chi connectivity index (χ1v) is 6.90. The van der Waals surface area contributed by atoms with Crippen LogP contribution in [-0.4, -0.2) is 54.0 Å². The molecule has 1 N–H and O–H groups in total. The van der Waals surface area contributed by atoms with Crippen LogP contribution in [0.4, 0.5) is 4.79 Å². The number of nitrogens with one attached hydrogen (secondary N) is 1. The fourth-order valence-electron chi connectivity index (χ4n) is 2.24. The van der Waals surface area contributed by atoms with Gasteiger partial charge in [0.2, 0.25) is 5.91 Å². The molecule has 18 heavy (non-hydrogen) atoms. The summed E-state index contributed by atoms with van der Waals surface area (Å²) in [6, 6.07) is -0.405. The lowest BCUT2D eigenvalue weighted by Crippen LogP contribution is -2.49. The largest absolute Gasteiger partial charge is 0.469 e. The van der Waals surface area contributed by atoms with Crippen molar-refractivity contribution in [3.05, 3.63) is 0 Å². The van der Waals surface area contributed by atoms with Crippen LogP contribution in [0.3, 0.4) is 0 Å². The van der Waals surface area contributed by atoms with Crippen LogP contribution in [0, 0.1) is 5.92 Å². The molecule has 2 aliphatic rings. The van der Waals surface area contributed by atoms with E-state index in [0.717, 1.165) is 11.8 Å². The summed E-state index contributed by atoms with van der Waals surface area (Å²) in [5.41, 5.74) is 0. The van der Waals surface area contributed by atoms with Crippen LogP contribution in [-0.2, 0) is 14.3 Å². The molecule has 0 aromatic rings. The van der Waals surface area contributed by atoms with E-state index in [1.165, 1.54) is 7.11 Å². The van der Waals surface area contributed by atoms with Gasteiger partial charge in [0.15, 0.2) is 0 Å². The van der Waals surface area contributed by atoms with Crippen molar-refractivity contribution < 1.29 is 19.1 Å².